The molecule has 0 radical (unpaired) electrons. The number of anilines is 1. The molecule has 2 fully saturated rings. The van der Waals surface area contributed by atoms with Crippen LogP contribution in [-0.2, 0) is 19.3 Å². The van der Waals surface area contributed by atoms with Crippen molar-refractivity contribution in [2.75, 3.05) is 30.9 Å². The summed E-state index contributed by atoms with van der Waals surface area (Å²) in [6.45, 7) is 5.35. The van der Waals surface area contributed by atoms with Gasteiger partial charge in [0, 0.05) is 24.7 Å². The number of morpholine rings is 1. The minimum absolute atomic E-state index is 0.0335. The van der Waals surface area contributed by atoms with E-state index in [0.29, 0.717) is 55.6 Å². The predicted molar refractivity (Wildman–Crippen MR) is 103 cm³/mol. The summed E-state index contributed by atoms with van der Waals surface area (Å²) in [5.74, 6) is -0.0412. The Hall–Kier alpha value is -2.13. The van der Waals surface area contributed by atoms with Crippen molar-refractivity contribution in [1.29, 1.82) is 0 Å². The summed E-state index contributed by atoms with van der Waals surface area (Å²) in [7, 11) is -3.36. The van der Waals surface area contributed by atoms with Crippen molar-refractivity contribution >= 4 is 15.8 Å². The van der Waals surface area contributed by atoms with Gasteiger partial charge >= 0.3 is 0 Å². The zero-order valence-corrected chi connectivity index (χ0v) is 17.0. The molecule has 150 valence electrons. The number of aromatic nitrogens is 3. The summed E-state index contributed by atoms with van der Waals surface area (Å²) < 4.78 is 44.0. The van der Waals surface area contributed by atoms with Gasteiger partial charge in [-0.25, -0.2) is 22.8 Å². The lowest BCUT2D eigenvalue weighted by Crippen LogP contribution is -2.44. The maximum atomic E-state index is 14.6. The van der Waals surface area contributed by atoms with E-state index in [0.717, 1.165) is 0 Å². The van der Waals surface area contributed by atoms with Gasteiger partial charge in [-0.3, -0.25) is 4.98 Å². The van der Waals surface area contributed by atoms with Crippen molar-refractivity contribution in [2.24, 2.45) is 0 Å². The van der Waals surface area contributed by atoms with Gasteiger partial charge in [-0.15, -0.1) is 0 Å². The Kier molecular flexibility index (Phi) is 4.62. The van der Waals surface area contributed by atoms with Crippen LogP contribution in [0.4, 0.5) is 10.3 Å². The molecule has 1 aliphatic carbocycles. The molecule has 0 bridgehead atoms. The number of hydrogen-bond acceptors (Lipinski definition) is 7. The quantitative estimate of drug-likeness (QED) is 0.770. The fourth-order valence-electron chi connectivity index (χ4n) is 3.60. The Balaban J connectivity index is 1.89. The lowest BCUT2D eigenvalue weighted by Gasteiger charge is -2.34. The van der Waals surface area contributed by atoms with Crippen LogP contribution in [0.25, 0.3) is 11.3 Å². The van der Waals surface area contributed by atoms with Crippen LogP contribution in [0, 0.1) is 12.7 Å². The molecule has 2 aromatic rings. The summed E-state index contributed by atoms with van der Waals surface area (Å²) in [5, 5.41) is 0. The molecule has 0 spiro atoms. The molecule has 28 heavy (non-hydrogen) atoms. The Bertz CT molecular complexity index is 1020. The summed E-state index contributed by atoms with van der Waals surface area (Å²) in [5.41, 5.74) is 1.57. The molecule has 0 aromatic carbocycles. The van der Waals surface area contributed by atoms with E-state index in [1.54, 1.807) is 13.0 Å². The van der Waals surface area contributed by atoms with Crippen molar-refractivity contribution in [1.82, 2.24) is 15.0 Å². The third kappa shape index (κ3) is 3.26. The molecule has 0 N–H and O–H groups in total. The van der Waals surface area contributed by atoms with Crippen LogP contribution in [0.2, 0.25) is 0 Å². The number of halogens is 1. The lowest BCUT2D eigenvalue weighted by molar-refractivity contribution is 0.0980. The highest BCUT2D eigenvalue weighted by Gasteiger charge is 2.55. The number of hydrogen-bond donors (Lipinski definition) is 0. The lowest BCUT2D eigenvalue weighted by atomic mass is 10.1. The summed E-state index contributed by atoms with van der Waals surface area (Å²) in [4.78, 5) is 15.4. The predicted octanol–water partition coefficient (Wildman–Crippen LogP) is 2.24. The first kappa shape index (κ1) is 19.2. The zero-order chi connectivity index (χ0) is 20.1. The van der Waals surface area contributed by atoms with E-state index in [1.807, 2.05) is 11.8 Å². The van der Waals surface area contributed by atoms with Gasteiger partial charge in [0.05, 0.1) is 36.2 Å². The highest BCUT2D eigenvalue weighted by molar-refractivity contribution is 7.91. The summed E-state index contributed by atoms with van der Waals surface area (Å²) in [6.07, 6.45) is 3.68. The first-order chi connectivity index (χ1) is 13.2. The average molecular weight is 406 g/mol. The van der Waals surface area contributed by atoms with Gasteiger partial charge in [0.15, 0.2) is 9.84 Å². The molecule has 1 aliphatic heterocycles. The van der Waals surface area contributed by atoms with Gasteiger partial charge in [-0.05, 0) is 38.8 Å². The van der Waals surface area contributed by atoms with Crippen LogP contribution in [0.15, 0.2) is 18.3 Å². The molecule has 3 heterocycles. The SMILES string of the molecule is Cc1cc(F)c(-c2cc(C3(S(C)(=O)=O)CC3)nc(N3CCOC[C@@H]3C)n2)cn1. The molecule has 7 nitrogen and oxygen atoms in total. The van der Waals surface area contributed by atoms with Crippen LogP contribution < -0.4 is 4.90 Å². The molecular weight excluding hydrogens is 383 g/mol. The second-order valence-corrected chi connectivity index (χ2v) is 9.95. The number of nitrogens with zero attached hydrogens (tertiary/aromatic N) is 4. The molecule has 1 atom stereocenters. The minimum Gasteiger partial charge on any atom is -0.377 e. The highest BCUT2D eigenvalue weighted by atomic mass is 32.2. The van der Waals surface area contributed by atoms with Crippen LogP contribution in [0.1, 0.15) is 31.2 Å². The van der Waals surface area contributed by atoms with E-state index in [-0.39, 0.29) is 11.6 Å². The molecule has 0 unspecified atom stereocenters. The van der Waals surface area contributed by atoms with Crippen molar-refractivity contribution in [3.63, 3.8) is 0 Å². The maximum Gasteiger partial charge on any atom is 0.226 e. The molecule has 4 rings (SSSR count). The summed E-state index contributed by atoms with van der Waals surface area (Å²) in [6, 6.07) is 2.97. The number of aryl methyl sites for hydroxylation is 1. The van der Waals surface area contributed by atoms with Gasteiger partial charge in [0.2, 0.25) is 5.95 Å². The van der Waals surface area contributed by atoms with Crippen LogP contribution in [-0.4, -0.2) is 55.4 Å². The molecule has 2 aliphatic rings. The fraction of sp³-hybridized carbons (Fsp3) is 0.526. The Labute approximate surface area is 163 Å². The number of ether oxygens (including phenoxy) is 1. The number of rotatable bonds is 4. The maximum absolute atomic E-state index is 14.6. The minimum atomic E-state index is -3.36. The molecule has 9 heteroatoms. The number of pyridine rings is 1. The van der Waals surface area contributed by atoms with Gasteiger partial charge in [-0.1, -0.05) is 0 Å². The van der Waals surface area contributed by atoms with Crippen LogP contribution in [0.5, 0.6) is 0 Å². The molecule has 2 aromatic heterocycles. The average Bonchev–Trinajstić information content (AvgIpc) is 3.43. The van der Waals surface area contributed by atoms with Crippen molar-refractivity contribution in [2.45, 2.75) is 37.5 Å². The topological polar surface area (TPSA) is 85.3 Å². The van der Waals surface area contributed by atoms with Gasteiger partial charge in [0.25, 0.3) is 0 Å². The third-order valence-corrected chi connectivity index (χ3v) is 7.52. The van der Waals surface area contributed by atoms with E-state index in [4.69, 9.17) is 4.74 Å². The van der Waals surface area contributed by atoms with Gasteiger partial charge in [-0.2, -0.15) is 0 Å². The first-order valence-electron chi connectivity index (χ1n) is 9.27. The second-order valence-electron chi connectivity index (χ2n) is 7.63. The normalized spacial score (nSPS) is 21.6. The van der Waals surface area contributed by atoms with E-state index < -0.39 is 20.4 Å². The van der Waals surface area contributed by atoms with Crippen molar-refractivity contribution in [3.8, 4) is 11.3 Å². The highest BCUT2D eigenvalue weighted by Crippen LogP contribution is 2.52. The second kappa shape index (κ2) is 6.73. The van der Waals surface area contributed by atoms with E-state index in [1.165, 1.54) is 18.5 Å². The van der Waals surface area contributed by atoms with Crippen molar-refractivity contribution in [3.05, 3.63) is 35.5 Å². The van der Waals surface area contributed by atoms with Gasteiger partial charge < -0.3 is 9.64 Å². The first-order valence-corrected chi connectivity index (χ1v) is 11.2. The van der Waals surface area contributed by atoms with Crippen LogP contribution in [0.3, 0.4) is 0 Å². The van der Waals surface area contributed by atoms with Crippen LogP contribution >= 0.6 is 0 Å². The molecule has 1 saturated carbocycles. The fourth-order valence-corrected chi connectivity index (χ4v) is 4.93. The van der Waals surface area contributed by atoms with E-state index in [2.05, 4.69) is 15.0 Å². The largest absolute Gasteiger partial charge is 0.377 e. The monoisotopic (exact) mass is 406 g/mol. The Morgan fingerprint density at radius 1 is 1.29 bits per heavy atom. The van der Waals surface area contributed by atoms with Crippen molar-refractivity contribution < 1.29 is 17.5 Å². The third-order valence-electron chi connectivity index (χ3n) is 5.49. The molecular formula is C19H23FN4O3S. The number of sulfone groups is 1. The smallest absolute Gasteiger partial charge is 0.226 e. The van der Waals surface area contributed by atoms with Gasteiger partial charge in [0.1, 0.15) is 10.6 Å². The standard InChI is InChI=1S/C19H23FN4O3S/c1-12-8-15(20)14(10-21-12)16-9-17(19(4-5-19)28(3,25)26)23-18(22-16)24-6-7-27-11-13(24)2/h8-10,13H,4-7,11H2,1-3H3/t13-/m0/s1. The molecule has 0 amide bonds. The molecule has 1 saturated heterocycles. The Morgan fingerprint density at radius 3 is 2.64 bits per heavy atom. The van der Waals surface area contributed by atoms with E-state index in [9.17, 15) is 12.8 Å². The summed E-state index contributed by atoms with van der Waals surface area (Å²) >= 11 is 0. The van der Waals surface area contributed by atoms with E-state index >= 15 is 0 Å². The Morgan fingerprint density at radius 2 is 2.04 bits per heavy atom. The zero-order valence-electron chi connectivity index (χ0n) is 16.1.